The molecule has 0 saturated carbocycles. The molecular formula is C9H15NO2. The van der Waals surface area contributed by atoms with E-state index in [4.69, 9.17) is 0 Å². The predicted octanol–water partition coefficient (Wildman–Crippen LogP) is 1.53. The van der Waals surface area contributed by atoms with E-state index in [0.29, 0.717) is 0 Å². The van der Waals surface area contributed by atoms with Gasteiger partial charge in [-0.25, -0.2) is 5.06 Å². The number of unbranched alkanes of at least 4 members (excludes halogenated alkanes) is 1. The number of carbonyl (C=O) groups excluding carboxylic acids is 1. The summed E-state index contributed by atoms with van der Waals surface area (Å²) in [6, 6.07) is 0. The zero-order chi connectivity index (χ0) is 9.40. The Labute approximate surface area is 73.3 Å². The van der Waals surface area contributed by atoms with Crippen molar-refractivity contribution < 1.29 is 9.63 Å². The van der Waals surface area contributed by atoms with Crippen molar-refractivity contribution in [3.63, 3.8) is 0 Å². The van der Waals surface area contributed by atoms with E-state index in [2.05, 4.69) is 11.4 Å². The minimum Gasteiger partial charge on any atom is -0.274 e. The van der Waals surface area contributed by atoms with Gasteiger partial charge in [-0.3, -0.25) is 9.63 Å². The number of likely N-dealkylation sites (N-methyl/N-ethyl adjacent to an activating group) is 1. The Morgan fingerprint density at radius 1 is 1.58 bits per heavy atom. The van der Waals surface area contributed by atoms with Crippen molar-refractivity contribution in [2.45, 2.75) is 12.8 Å². The Kier molecular flexibility index (Phi) is 6.01. The van der Waals surface area contributed by atoms with Crippen LogP contribution in [-0.2, 0) is 9.63 Å². The first kappa shape index (κ1) is 10.9. The highest BCUT2D eigenvalue weighted by Crippen LogP contribution is 1.93. The summed E-state index contributed by atoms with van der Waals surface area (Å²) in [7, 11) is 3.02. The minimum atomic E-state index is -0.151. The van der Waals surface area contributed by atoms with Crippen molar-refractivity contribution >= 4 is 5.91 Å². The smallest absolute Gasteiger partial charge is 0.269 e. The summed E-state index contributed by atoms with van der Waals surface area (Å²) in [5.41, 5.74) is 0. The maximum absolute atomic E-state index is 11.0. The number of hydrogen-bond donors (Lipinski definition) is 0. The summed E-state index contributed by atoms with van der Waals surface area (Å²) in [6.45, 7) is 3.57. The standard InChI is InChI=1S/C9H15NO2/c1-4-5-6-7-8-9(11)10(2)12-3/h4,7-8H,1,5-6H2,2-3H3. The normalized spacial score (nSPS) is 10.2. The topological polar surface area (TPSA) is 29.5 Å². The van der Waals surface area contributed by atoms with Crippen molar-refractivity contribution in [1.82, 2.24) is 5.06 Å². The van der Waals surface area contributed by atoms with Gasteiger partial charge in [-0.05, 0) is 12.8 Å². The van der Waals surface area contributed by atoms with Crippen molar-refractivity contribution in [3.05, 3.63) is 24.8 Å². The number of nitrogens with zero attached hydrogens (tertiary/aromatic N) is 1. The molecule has 0 atom stereocenters. The van der Waals surface area contributed by atoms with E-state index in [0.717, 1.165) is 12.8 Å². The Morgan fingerprint density at radius 3 is 2.75 bits per heavy atom. The van der Waals surface area contributed by atoms with E-state index in [1.165, 1.54) is 18.2 Å². The average molecular weight is 169 g/mol. The summed E-state index contributed by atoms with van der Waals surface area (Å²) in [5, 5.41) is 1.17. The van der Waals surface area contributed by atoms with E-state index in [-0.39, 0.29) is 5.91 Å². The van der Waals surface area contributed by atoms with Crippen LogP contribution in [0.4, 0.5) is 0 Å². The van der Waals surface area contributed by atoms with Crippen molar-refractivity contribution in [3.8, 4) is 0 Å². The van der Waals surface area contributed by atoms with Crippen LogP contribution in [0.15, 0.2) is 24.8 Å². The van der Waals surface area contributed by atoms with Gasteiger partial charge >= 0.3 is 0 Å². The van der Waals surface area contributed by atoms with Gasteiger partial charge in [-0.15, -0.1) is 6.58 Å². The lowest BCUT2D eigenvalue weighted by Crippen LogP contribution is -2.22. The third-order valence-corrected chi connectivity index (χ3v) is 1.38. The largest absolute Gasteiger partial charge is 0.274 e. The zero-order valence-electron chi connectivity index (χ0n) is 7.62. The Bertz CT molecular complexity index is 175. The molecule has 0 aromatic rings. The lowest BCUT2D eigenvalue weighted by atomic mass is 10.3. The molecule has 0 aromatic heterocycles. The van der Waals surface area contributed by atoms with Gasteiger partial charge in [0.1, 0.15) is 0 Å². The summed E-state index contributed by atoms with van der Waals surface area (Å²) >= 11 is 0. The number of allylic oxidation sites excluding steroid dienone is 2. The van der Waals surface area contributed by atoms with Gasteiger partial charge in [0, 0.05) is 13.1 Å². The minimum absolute atomic E-state index is 0.151. The molecule has 0 saturated heterocycles. The first-order valence-corrected chi connectivity index (χ1v) is 3.81. The van der Waals surface area contributed by atoms with Crippen LogP contribution in [0, 0.1) is 0 Å². The van der Waals surface area contributed by atoms with E-state index in [1.54, 1.807) is 13.1 Å². The maximum atomic E-state index is 11.0. The molecule has 0 spiro atoms. The summed E-state index contributed by atoms with van der Waals surface area (Å²) in [5.74, 6) is -0.151. The van der Waals surface area contributed by atoms with E-state index in [9.17, 15) is 4.79 Å². The highest BCUT2D eigenvalue weighted by molar-refractivity contribution is 5.86. The fourth-order valence-corrected chi connectivity index (χ4v) is 0.593. The van der Waals surface area contributed by atoms with Crippen LogP contribution in [0.1, 0.15) is 12.8 Å². The third kappa shape index (κ3) is 4.68. The van der Waals surface area contributed by atoms with Gasteiger partial charge in [0.2, 0.25) is 0 Å². The van der Waals surface area contributed by atoms with Crippen molar-refractivity contribution in [2.75, 3.05) is 14.2 Å². The average Bonchev–Trinajstić information content (AvgIpc) is 2.10. The first-order chi connectivity index (χ1) is 5.72. The molecule has 0 aliphatic rings. The molecule has 68 valence electrons. The monoisotopic (exact) mass is 169 g/mol. The molecule has 0 rings (SSSR count). The molecular weight excluding hydrogens is 154 g/mol. The van der Waals surface area contributed by atoms with Gasteiger partial charge in [0.05, 0.1) is 7.11 Å². The second-order valence-electron chi connectivity index (χ2n) is 2.29. The SMILES string of the molecule is C=CCCC=CC(=O)N(C)OC. The van der Waals surface area contributed by atoms with Gasteiger partial charge in [-0.2, -0.15) is 0 Å². The number of rotatable bonds is 5. The van der Waals surface area contributed by atoms with Crippen LogP contribution >= 0.6 is 0 Å². The molecule has 0 aliphatic carbocycles. The van der Waals surface area contributed by atoms with Crippen LogP contribution in [0.5, 0.6) is 0 Å². The molecule has 1 amide bonds. The molecule has 0 unspecified atom stereocenters. The van der Waals surface area contributed by atoms with Gasteiger partial charge < -0.3 is 0 Å². The zero-order valence-corrected chi connectivity index (χ0v) is 7.62. The van der Waals surface area contributed by atoms with Crippen LogP contribution in [-0.4, -0.2) is 25.1 Å². The molecule has 0 bridgehead atoms. The van der Waals surface area contributed by atoms with Crippen LogP contribution < -0.4 is 0 Å². The number of hydrogen-bond acceptors (Lipinski definition) is 2. The third-order valence-electron chi connectivity index (χ3n) is 1.38. The molecule has 0 heterocycles. The van der Waals surface area contributed by atoms with Gasteiger partial charge in [0.15, 0.2) is 0 Å². The van der Waals surface area contributed by atoms with Crippen molar-refractivity contribution in [1.29, 1.82) is 0 Å². The number of hydroxylamine groups is 2. The second kappa shape index (κ2) is 6.61. The van der Waals surface area contributed by atoms with E-state index in [1.807, 2.05) is 6.08 Å². The Morgan fingerprint density at radius 2 is 2.25 bits per heavy atom. The van der Waals surface area contributed by atoms with Crippen LogP contribution in [0.25, 0.3) is 0 Å². The van der Waals surface area contributed by atoms with Crippen LogP contribution in [0.3, 0.4) is 0 Å². The molecule has 0 aliphatic heterocycles. The van der Waals surface area contributed by atoms with Crippen LogP contribution in [0.2, 0.25) is 0 Å². The second-order valence-corrected chi connectivity index (χ2v) is 2.29. The lowest BCUT2D eigenvalue weighted by Gasteiger charge is -2.09. The highest BCUT2D eigenvalue weighted by Gasteiger charge is 2.00. The Balaban J connectivity index is 3.67. The molecule has 12 heavy (non-hydrogen) atoms. The summed E-state index contributed by atoms with van der Waals surface area (Å²) in [4.78, 5) is 15.7. The Hall–Kier alpha value is -1.09. The predicted molar refractivity (Wildman–Crippen MR) is 48.4 cm³/mol. The molecule has 0 fully saturated rings. The fourth-order valence-electron chi connectivity index (χ4n) is 0.593. The van der Waals surface area contributed by atoms with Gasteiger partial charge in [-0.1, -0.05) is 12.2 Å². The molecule has 3 heteroatoms. The fraction of sp³-hybridized carbons (Fsp3) is 0.444. The lowest BCUT2D eigenvalue weighted by molar-refractivity contribution is -0.162. The number of carbonyl (C=O) groups is 1. The molecule has 0 aromatic carbocycles. The maximum Gasteiger partial charge on any atom is 0.269 e. The first-order valence-electron chi connectivity index (χ1n) is 3.81. The van der Waals surface area contributed by atoms with E-state index >= 15 is 0 Å². The van der Waals surface area contributed by atoms with E-state index < -0.39 is 0 Å². The molecule has 0 N–H and O–H groups in total. The molecule has 0 radical (unpaired) electrons. The van der Waals surface area contributed by atoms with Crippen molar-refractivity contribution in [2.24, 2.45) is 0 Å². The number of amides is 1. The van der Waals surface area contributed by atoms with Gasteiger partial charge in [0.25, 0.3) is 5.91 Å². The summed E-state index contributed by atoms with van der Waals surface area (Å²) in [6.07, 6.45) is 6.84. The highest BCUT2D eigenvalue weighted by atomic mass is 16.7. The summed E-state index contributed by atoms with van der Waals surface area (Å²) < 4.78 is 0. The molecule has 3 nitrogen and oxygen atoms in total. The quantitative estimate of drug-likeness (QED) is 0.270.